The van der Waals surface area contributed by atoms with Crippen molar-refractivity contribution in [2.75, 3.05) is 6.54 Å². The molecule has 0 aliphatic carbocycles. The number of rotatable bonds is 5. The number of likely N-dealkylation sites (N-methyl/N-ethyl adjacent to an activating group) is 1. The fourth-order valence-electron chi connectivity index (χ4n) is 2.20. The third kappa shape index (κ3) is 4.33. The molecule has 0 saturated carbocycles. The van der Waals surface area contributed by atoms with E-state index in [2.05, 4.69) is 5.32 Å². The topological polar surface area (TPSA) is 12.0 Å². The van der Waals surface area contributed by atoms with E-state index >= 15 is 0 Å². The first-order chi connectivity index (χ1) is 10.0. The highest BCUT2D eigenvalue weighted by molar-refractivity contribution is 6.33. The van der Waals surface area contributed by atoms with Crippen LogP contribution in [0.4, 0.5) is 4.39 Å². The molecule has 2 aromatic carbocycles. The predicted octanol–water partition coefficient (Wildman–Crippen LogP) is 5.68. The largest absolute Gasteiger partial charge is 0.310 e. The first-order valence-electron chi connectivity index (χ1n) is 6.63. The number of nitrogens with one attached hydrogen (secondary N) is 1. The van der Waals surface area contributed by atoms with Gasteiger partial charge in [0.2, 0.25) is 0 Å². The van der Waals surface area contributed by atoms with E-state index < -0.39 is 5.82 Å². The van der Waals surface area contributed by atoms with E-state index in [1.165, 1.54) is 6.07 Å². The van der Waals surface area contributed by atoms with Crippen LogP contribution in [-0.2, 0) is 6.42 Å². The molecular weight excluding hydrogens is 332 g/mol. The normalized spacial score (nSPS) is 12.4. The molecule has 0 heterocycles. The third-order valence-electron chi connectivity index (χ3n) is 3.23. The van der Waals surface area contributed by atoms with Crippen LogP contribution in [-0.4, -0.2) is 6.54 Å². The SMILES string of the molecule is CCNC(Cc1cc(Cl)ccc1Cl)c1ccc(F)c(Cl)c1. The molecule has 1 nitrogen and oxygen atoms in total. The summed E-state index contributed by atoms with van der Waals surface area (Å²) in [4.78, 5) is 0. The van der Waals surface area contributed by atoms with Crippen LogP contribution in [0.3, 0.4) is 0 Å². The van der Waals surface area contributed by atoms with Crippen molar-refractivity contribution in [3.8, 4) is 0 Å². The fourth-order valence-corrected chi connectivity index (χ4v) is 2.78. The number of hydrogen-bond acceptors (Lipinski definition) is 1. The number of hydrogen-bond donors (Lipinski definition) is 1. The van der Waals surface area contributed by atoms with Crippen molar-refractivity contribution in [2.45, 2.75) is 19.4 Å². The van der Waals surface area contributed by atoms with Crippen LogP contribution in [0.25, 0.3) is 0 Å². The van der Waals surface area contributed by atoms with Gasteiger partial charge in [-0.3, -0.25) is 0 Å². The molecule has 5 heteroatoms. The highest BCUT2D eigenvalue weighted by atomic mass is 35.5. The van der Waals surface area contributed by atoms with Crippen LogP contribution < -0.4 is 5.32 Å². The van der Waals surface area contributed by atoms with Crippen molar-refractivity contribution in [1.82, 2.24) is 5.32 Å². The van der Waals surface area contributed by atoms with E-state index in [9.17, 15) is 4.39 Å². The lowest BCUT2D eigenvalue weighted by atomic mass is 9.98. The van der Waals surface area contributed by atoms with Crippen LogP contribution in [0, 0.1) is 5.82 Å². The smallest absolute Gasteiger partial charge is 0.141 e. The van der Waals surface area contributed by atoms with Gasteiger partial charge < -0.3 is 5.32 Å². The summed E-state index contributed by atoms with van der Waals surface area (Å²) in [6.45, 7) is 2.79. The summed E-state index contributed by atoms with van der Waals surface area (Å²) in [6.07, 6.45) is 0.648. The monoisotopic (exact) mass is 345 g/mol. The van der Waals surface area contributed by atoms with Crippen molar-refractivity contribution in [1.29, 1.82) is 0 Å². The van der Waals surface area contributed by atoms with Gasteiger partial charge >= 0.3 is 0 Å². The molecular formula is C16H15Cl3FN. The standard InChI is InChI=1S/C16H15Cl3FN/c1-2-21-16(10-3-6-15(20)14(19)8-10)9-11-7-12(17)4-5-13(11)18/h3-8,16,21H,2,9H2,1H3. The summed E-state index contributed by atoms with van der Waals surface area (Å²) < 4.78 is 13.3. The molecule has 0 spiro atoms. The molecule has 0 saturated heterocycles. The molecule has 0 radical (unpaired) electrons. The van der Waals surface area contributed by atoms with Gasteiger partial charge in [0.25, 0.3) is 0 Å². The zero-order valence-electron chi connectivity index (χ0n) is 11.5. The van der Waals surface area contributed by atoms with Crippen molar-refractivity contribution in [3.63, 3.8) is 0 Å². The van der Waals surface area contributed by atoms with E-state index in [0.29, 0.717) is 16.5 Å². The highest BCUT2D eigenvalue weighted by Gasteiger charge is 2.15. The fraction of sp³-hybridized carbons (Fsp3) is 0.250. The van der Waals surface area contributed by atoms with Crippen LogP contribution in [0.15, 0.2) is 36.4 Å². The van der Waals surface area contributed by atoms with Crippen molar-refractivity contribution in [3.05, 3.63) is 68.4 Å². The van der Waals surface area contributed by atoms with E-state index in [4.69, 9.17) is 34.8 Å². The van der Waals surface area contributed by atoms with Gasteiger partial charge in [0.15, 0.2) is 0 Å². The van der Waals surface area contributed by atoms with Crippen LogP contribution in [0.1, 0.15) is 24.1 Å². The quantitative estimate of drug-likeness (QED) is 0.734. The second-order valence-corrected chi connectivity index (χ2v) is 5.97. The van der Waals surface area contributed by atoms with Crippen LogP contribution >= 0.6 is 34.8 Å². The Balaban J connectivity index is 2.30. The van der Waals surface area contributed by atoms with Crippen LogP contribution in [0.5, 0.6) is 0 Å². The van der Waals surface area contributed by atoms with Gasteiger partial charge in [-0.05, 0) is 54.4 Å². The maximum atomic E-state index is 13.3. The zero-order chi connectivity index (χ0) is 15.4. The Morgan fingerprint density at radius 2 is 1.81 bits per heavy atom. The van der Waals surface area contributed by atoms with Gasteiger partial charge in [0.1, 0.15) is 5.82 Å². The second-order valence-electron chi connectivity index (χ2n) is 4.72. The zero-order valence-corrected chi connectivity index (χ0v) is 13.7. The van der Waals surface area contributed by atoms with E-state index in [1.807, 2.05) is 13.0 Å². The van der Waals surface area contributed by atoms with E-state index in [0.717, 1.165) is 17.7 Å². The summed E-state index contributed by atoms with van der Waals surface area (Å²) >= 11 is 18.1. The third-order valence-corrected chi connectivity index (χ3v) is 4.12. The summed E-state index contributed by atoms with van der Waals surface area (Å²) in [5.41, 5.74) is 1.86. The average molecular weight is 347 g/mol. The molecule has 0 fully saturated rings. The Kier molecular flexibility index (Phi) is 5.88. The molecule has 21 heavy (non-hydrogen) atoms. The molecule has 0 amide bonds. The minimum atomic E-state index is -0.420. The maximum Gasteiger partial charge on any atom is 0.141 e. The minimum absolute atomic E-state index is 0.0101. The Morgan fingerprint density at radius 1 is 1.05 bits per heavy atom. The van der Waals surface area contributed by atoms with Crippen molar-refractivity contribution < 1.29 is 4.39 Å². The molecule has 2 rings (SSSR count). The van der Waals surface area contributed by atoms with Gasteiger partial charge in [-0.2, -0.15) is 0 Å². The molecule has 2 aromatic rings. The molecule has 1 atom stereocenters. The molecule has 0 aliphatic rings. The van der Waals surface area contributed by atoms with Crippen molar-refractivity contribution in [2.24, 2.45) is 0 Å². The Bertz CT molecular complexity index is 631. The summed E-state index contributed by atoms with van der Waals surface area (Å²) in [5.74, 6) is -0.420. The van der Waals surface area contributed by atoms with Gasteiger partial charge in [-0.1, -0.05) is 47.8 Å². The lowest BCUT2D eigenvalue weighted by molar-refractivity contribution is 0.547. The second kappa shape index (κ2) is 7.46. The Hall–Kier alpha value is -0.800. The lowest BCUT2D eigenvalue weighted by Crippen LogP contribution is -2.23. The lowest BCUT2D eigenvalue weighted by Gasteiger charge is -2.19. The molecule has 0 bridgehead atoms. The van der Waals surface area contributed by atoms with E-state index in [1.54, 1.807) is 24.3 Å². The average Bonchev–Trinajstić information content (AvgIpc) is 2.45. The Morgan fingerprint density at radius 3 is 2.48 bits per heavy atom. The summed E-state index contributed by atoms with van der Waals surface area (Å²) in [7, 11) is 0. The van der Waals surface area contributed by atoms with Gasteiger partial charge in [-0.25, -0.2) is 4.39 Å². The van der Waals surface area contributed by atoms with Crippen LogP contribution in [0.2, 0.25) is 15.1 Å². The van der Waals surface area contributed by atoms with Gasteiger partial charge in [0.05, 0.1) is 5.02 Å². The molecule has 0 aliphatic heterocycles. The molecule has 1 unspecified atom stereocenters. The van der Waals surface area contributed by atoms with Gasteiger partial charge in [-0.15, -0.1) is 0 Å². The number of halogens is 4. The molecule has 112 valence electrons. The predicted molar refractivity (Wildman–Crippen MR) is 88.0 cm³/mol. The summed E-state index contributed by atoms with van der Waals surface area (Å²) in [6, 6.07) is 10.1. The first-order valence-corrected chi connectivity index (χ1v) is 7.77. The highest BCUT2D eigenvalue weighted by Crippen LogP contribution is 2.28. The first kappa shape index (κ1) is 16.6. The van der Waals surface area contributed by atoms with E-state index in [-0.39, 0.29) is 11.1 Å². The molecule has 0 aromatic heterocycles. The minimum Gasteiger partial charge on any atom is -0.310 e. The van der Waals surface area contributed by atoms with Crippen molar-refractivity contribution >= 4 is 34.8 Å². The maximum absolute atomic E-state index is 13.3. The summed E-state index contributed by atoms with van der Waals surface area (Å²) in [5, 5.41) is 4.78. The molecule has 1 N–H and O–H groups in total. The Labute approximate surface area is 139 Å². The van der Waals surface area contributed by atoms with Gasteiger partial charge in [0, 0.05) is 16.1 Å². The number of benzene rings is 2.